The van der Waals surface area contributed by atoms with Crippen molar-refractivity contribution in [2.75, 3.05) is 11.5 Å². The van der Waals surface area contributed by atoms with Gasteiger partial charge >= 0.3 is 6.18 Å². The average molecular weight is 253 g/mol. The first-order valence-corrected chi connectivity index (χ1v) is 5.06. The maximum absolute atomic E-state index is 12.9. The second-order valence-corrected chi connectivity index (χ2v) is 3.77. The van der Waals surface area contributed by atoms with Crippen LogP contribution in [0.3, 0.4) is 0 Å². The first-order chi connectivity index (χ1) is 8.39. The van der Waals surface area contributed by atoms with Crippen molar-refractivity contribution in [3.8, 4) is 11.1 Å². The Labute approximate surface area is 101 Å². The number of nitrogens with two attached hydrogens (primary N) is 2. The number of nitrogen functional groups attached to an aromatic ring is 2. The Bertz CT molecular complexity index is 579. The van der Waals surface area contributed by atoms with Crippen molar-refractivity contribution < 1.29 is 13.2 Å². The zero-order valence-electron chi connectivity index (χ0n) is 9.20. The van der Waals surface area contributed by atoms with Crippen molar-refractivity contribution >= 4 is 11.4 Å². The zero-order chi connectivity index (χ0) is 13.3. The van der Waals surface area contributed by atoms with Gasteiger partial charge in [-0.3, -0.25) is 4.98 Å². The Morgan fingerprint density at radius 1 is 1.00 bits per heavy atom. The van der Waals surface area contributed by atoms with Crippen LogP contribution in [0.2, 0.25) is 0 Å². The Hall–Kier alpha value is -2.24. The number of halogens is 3. The lowest BCUT2D eigenvalue weighted by Crippen LogP contribution is -2.08. The molecule has 0 atom stereocenters. The van der Waals surface area contributed by atoms with Gasteiger partial charge in [0.1, 0.15) is 0 Å². The minimum atomic E-state index is -4.46. The number of hydrogen-bond donors (Lipinski definition) is 2. The van der Waals surface area contributed by atoms with E-state index in [4.69, 9.17) is 11.5 Å². The van der Waals surface area contributed by atoms with Crippen LogP contribution < -0.4 is 11.5 Å². The van der Waals surface area contributed by atoms with Gasteiger partial charge in [-0.1, -0.05) is 0 Å². The van der Waals surface area contributed by atoms with Crippen LogP contribution in [0.5, 0.6) is 0 Å². The molecule has 0 radical (unpaired) electrons. The van der Waals surface area contributed by atoms with E-state index in [1.54, 1.807) is 0 Å². The third kappa shape index (κ3) is 2.22. The molecule has 0 saturated carbocycles. The van der Waals surface area contributed by atoms with Crippen molar-refractivity contribution in [3.05, 3.63) is 42.2 Å². The molecule has 18 heavy (non-hydrogen) atoms. The Balaban J connectivity index is 2.68. The van der Waals surface area contributed by atoms with Crippen LogP contribution in [-0.4, -0.2) is 4.98 Å². The number of aromatic nitrogens is 1. The summed E-state index contributed by atoms with van der Waals surface area (Å²) in [5, 5.41) is 0. The normalized spacial score (nSPS) is 11.5. The van der Waals surface area contributed by atoms with E-state index in [9.17, 15) is 13.2 Å². The molecule has 94 valence electrons. The summed E-state index contributed by atoms with van der Waals surface area (Å²) >= 11 is 0. The number of rotatable bonds is 1. The number of pyridine rings is 1. The van der Waals surface area contributed by atoms with Crippen LogP contribution in [0.25, 0.3) is 11.1 Å². The molecule has 3 nitrogen and oxygen atoms in total. The highest BCUT2D eigenvalue weighted by molar-refractivity contribution is 5.80. The van der Waals surface area contributed by atoms with Crippen LogP contribution in [0.4, 0.5) is 24.5 Å². The topological polar surface area (TPSA) is 64.9 Å². The lowest BCUT2D eigenvalue weighted by Gasteiger charge is -2.14. The number of hydrogen-bond acceptors (Lipinski definition) is 3. The average Bonchev–Trinajstić information content (AvgIpc) is 2.31. The van der Waals surface area contributed by atoms with Gasteiger partial charge in [0.05, 0.1) is 5.56 Å². The maximum atomic E-state index is 12.9. The molecule has 0 amide bonds. The lowest BCUT2D eigenvalue weighted by atomic mass is 9.99. The molecular weight excluding hydrogens is 243 g/mol. The summed E-state index contributed by atoms with van der Waals surface area (Å²) in [6.07, 6.45) is -2.24. The maximum Gasteiger partial charge on any atom is 0.417 e. The largest absolute Gasteiger partial charge is 0.417 e. The van der Waals surface area contributed by atoms with Crippen LogP contribution in [-0.2, 0) is 6.18 Å². The molecular formula is C12H10F3N3. The number of nitrogens with zero attached hydrogens (tertiary/aromatic N) is 1. The summed E-state index contributed by atoms with van der Waals surface area (Å²) in [5.74, 6) is 0. The van der Waals surface area contributed by atoms with Crippen LogP contribution >= 0.6 is 0 Å². The highest BCUT2D eigenvalue weighted by atomic mass is 19.4. The molecule has 0 bridgehead atoms. The molecule has 1 aromatic carbocycles. The fourth-order valence-corrected chi connectivity index (χ4v) is 1.66. The van der Waals surface area contributed by atoms with Crippen molar-refractivity contribution in [2.24, 2.45) is 0 Å². The molecule has 0 saturated heterocycles. The van der Waals surface area contributed by atoms with Crippen LogP contribution in [0.1, 0.15) is 5.56 Å². The van der Waals surface area contributed by atoms with Gasteiger partial charge in [-0.2, -0.15) is 13.2 Å². The second kappa shape index (κ2) is 4.21. The first kappa shape index (κ1) is 12.2. The number of benzene rings is 1. The summed E-state index contributed by atoms with van der Waals surface area (Å²) in [7, 11) is 0. The van der Waals surface area contributed by atoms with E-state index >= 15 is 0 Å². The lowest BCUT2D eigenvalue weighted by molar-refractivity contribution is -0.137. The van der Waals surface area contributed by atoms with Crippen molar-refractivity contribution in [1.82, 2.24) is 4.98 Å². The molecule has 0 fully saturated rings. The summed E-state index contributed by atoms with van der Waals surface area (Å²) in [6, 6.07) is 5.32. The molecule has 0 aliphatic rings. The SMILES string of the molecule is Nc1ccc(N)c(-c2cnccc2C(F)(F)F)c1. The molecule has 4 N–H and O–H groups in total. The van der Waals surface area contributed by atoms with Crippen LogP contribution in [0, 0.1) is 0 Å². The van der Waals surface area contributed by atoms with Gasteiger partial charge in [-0.05, 0) is 24.3 Å². The van der Waals surface area contributed by atoms with Gasteiger partial charge in [-0.25, -0.2) is 0 Å². The molecule has 2 aromatic rings. The highest BCUT2D eigenvalue weighted by Crippen LogP contribution is 2.38. The summed E-state index contributed by atoms with van der Waals surface area (Å²) in [5.41, 5.74) is 11.2. The fraction of sp³-hybridized carbons (Fsp3) is 0.0833. The van der Waals surface area contributed by atoms with E-state index in [0.29, 0.717) is 5.69 Å². The van der Waals surface area contributed by atoms with Gasteiger partial charge in [0.25, 0.3) is 0 Å². The quantitative estimate of drug-likeness (QED) is 0.768. The third-order valence-corrected chi connectivity index (χ3v) is 2.49. The van der Waals surface area contributed by atoms with Gasteiger partial charge in [-0.15, -0.1) is 0 Å². The van der Waals surface area contributed by atoms with Gasteiger partial charge in [0.2, 0.25) is 0 Å². The molecule has 6 heteroatoms. The van der Waals surface area contributed by atoms with Crippen molar-refractivity contribution in [3.63, 3.8) is 0 Å². The zero-order valence-corrected chi connectivity index (χ0v) is 9.20. The molecule has 1 heterocycles. The number of alkyl halides is 3. The summed E-state index contributed by atoms with van der Waals surface area (Å²) in [6.45, 7) is 0. The minimum Gasteiger partial charge on any atom is -0.399 e. The minimum absolute atomic E-state index is 0.0743. The highest BCUT2D eigenvalue weighted by Gasteiger charge is 2.34. The summed E-state index contributed by atoms with van der Waals surface area (Å²) < 4.78 is 38.6. The van der Waals surface area contributed by atoms with Crippen molar-refractivity contribution in [2.45, 2.75) is 6.18 Å². The monoisotopic (exact) mass is 253 g/mol. The van der Waals surface area contributed by atoms with Gasteiger partial charge < -0.3 is 11.5 Å². The smallest absolute Gasteiger partial charge is 0.399 e. The molecule has 0 spiro atoms. The summed E-state index contributed by atoms with van der Waals surface area (Å²) in [4.78, 5) is 3.71. The van der Waals surface area contributed by atoms with Crippen molar-refractivity contribution in [1.29, 1.82) is 0 Å². The Morgan fingerprint density at radius 2 is 1.72 bits per heavy atom. The molecule has 2 rings (SSSR count). The van der Waals surface area contributed by atoms with E-state index in [0.717, 1.165) is 18.5 Å². The van der Waals surface area contributed by atoms with E-state index in [-0.39, 0.29) is 16.8 Å². The molecule has 0 unspecified atom stereocenters. The third-order valence-electron chi connectivity index (χ3n) is 2.49. The second-order valence-electron chi connectivity index (χ2n) is 3.77. The number of anilines is 2. The fourth-order valence-electron chi connectivity index (χ4n) is 1.66. The van der Waals surface area contributed by atoms with E-state index in [1.807, 2.05) is 0 Å². The predicted octanol–water partition coefficient (Wildman–Crippen LogP) is 2.93. The van der Waals surface area contributed by atoms with Crippen LogP contribution in [0.15, 0.2) is 36.7 Å². The standard InChI is InChI=1S/C12H10F3N3/c13-12(14,15)10-3-4-18-6-9(10)8-5-7(16)1-2-11(8)17/h1-6H,16-17H2. The molecule has 0 aliphatic heterocycles. The predicted molar refractivity (Wildman–Crippen MR) is 63.5 cm³/mol. The Kier molecular flexibility index (Phi) is 2.86. The van der Waals surface area contributed by atoms with E-state index in [1.165, 1.54) is 18.2 Å². The molecule has 0 aliphatic carbocycles. The molecule has 1 aromatic heterocycles. The van der Waals surface area contributed by atoms with Gasteiger partial charge in [0, 0.05) is 34.9 Å². The van der Waals surface area contributed by atoms with E-state index < -0.39 is 11.7 Å². The Morgan fingerprint density at radius 3 is 2.39 bits per heavy atom. The first-order valence-electron chi connectivity index (χ1n) is 5.06. The van der Waals surface area contributed by atoms with Gasteiger partial charge in [0.15, 0.2) is 0 Å². The van der Waals surface area contributed by atoms with E-state index in [2.05, 4.69) is 4.98 Å².